The highest BCUT2D eigenvalue weighted by Gasteiger charge is 2.28. The molecule has 0 radical (unpaired) electrons. The topological polar surface area (TPSA) is 77.6 Å². The standard InChI is InChI=1S/C22H21FN6O/c1-13-20-17(9-19(14-7-8-14)26-21(20)28(2)27-13)22(30)25-16-10-24-29(12-16)11-15-5-3-4-6-18(15)23/h3-6,9-10,12,14H,7-8,11H2,1-2H3,(H,25,30). The molecule has 1 N–H and O–H groups in total. The number of hydrogen-bond acceptors (Lipinski definition) is 4. The van der Waals surface area contributed by atoms with Crippen molar-refractivity contribution in [1.29, 1.82) is 0 Å². The summed E-state index contributed by atoms with van der Waals surface area (Å²) < 4.78 is 17.2. The second-order valence-electron chi connectivity index (χ2n) is 7.75. The Morgan fingerprint density at radius 3 is 2.87 bits per heavy atom. The van der Waals surface area contributed by atoms with Crippen LogP contribution in [0.1, 0.15) is 46.1 Å². The molecule has 3 heterocycles. The number of carbonyl (C=O) groups excluding carboxylic acids is 1. The van der Waals surface area contributed by atoms with E-state index in [0.717, 1.165) is 35.3 Å². The monoisotopic (exact) mass is 404 g/mol. The van der Waals surface area contributed by atoms with Gasteiger partial charge in [0.05, 0.1) is 35.1 Å². The number of halogens is 1. The molecule has 1 saturated carbocycles. The molecule has 0 unspecified atom stereocenters. The lowest BCUT2D eigenvalue weighted by Crippen LogP contribution is -2.13. The maximum absolute atomic E-state index is 13.9. The average Bonchev–Trinajstić information content (AvgIpc) is 3.43. The number of nitrogens with one attached hydrogen (secondary N) is 1. The van der Waals surface area contributed by atoms with Crippen LogP contribution in [0.3, 0.4) is 0 Å². The van der Waals surface area contributed by atoms with Crippen molar-refractivity contribution in [2.75, 3.05) is 5.32 Å². The summed E-state index contributed by atoms with van der Waals surface area (Å²) in [5.41, 5.74) is 4.07. The van der Waals surface area contributed by atoms with Gasteiger partial charge in [-0.25, -0.2) is 9.37 Å². The fourth-order valence-corrected chi connectivity index (χ4v) is 3.75. The van der Waals surface area contributed by atoms with E-state index in [1.165, 1.54) is 6.07 Å². The molecule has 1 aliphatic rings. The van der Waals surface area contributed by atoms with Crippen LogP contribution in [-0.4, -0.2) is 30.5 Å². The molecule has 8 heteroatoms. The summed E-state index contributed by atoms with van der Waals surface area (Å²) in [6.45, 7) is 2.17. The van der Waals surface area contributed by atoms with Gasteiger partial charge in [0.25, 0.3) is 5.91 Å². The number of amides is 1. The molecule has 152 valence electrons. The molecule has 0 saturated heterocycles. The van der Waals surface area contributed by atoms with E-state index in [4.69, 9.17) is 4.98 Å². The Morgan fingerprint density at radius 1 is 1.30 bits per heavy atom. The minimum absolute atomic E-state index is 0.231. The van der Waals surface area contributed by atoms with Gasteiger partial charge in [0.2, 0.25) is 0 Å². The predicted molar refractivity (Wildman–Crippen MR) is 111 cm³/mol. The van der Waals surface area contributed by atoms with Gasteiger partial charge in [-0.1, -0.05) is 18.2 Å². The van der Waals surface area contributed by atoms with Gasteiger partial charge in [0.15, 0.2) is 5.65 Å². The Kier molecular flexibility index (Phi) is 4.34. The van der Waals surface area contributed by atoms with Gasteiger partial charge in [-0.3, -0.25) is 14.2 Å². The van der Waals surface area contributed by atoms with Crippen LogP contribution in [0.15, 0.2) is 42.7 Å². The number of benzene rings is 1. The van der Waals surface area contributed by atoms with Gasteiger partial charge in [0.1, 0.15) is 5.82 Å². The highest BCUT2D eigenvalue weighted by molar-refractivity contribution is 6.12. The maximum atomic E-state index is 13.9. The lowest BCUT2D eigenvalue weighted by Gasteiger charge is -2.08. The smallest absolute Gasteiger partial charge is 0.256 e. The van der Waals surface area contributed by atoms with E-state index in [0.29, 0.717) is 22.7 Å². The molecule has 3 aromatic heterocycles. The van der Waals surface area contributed by atoms with Crippen molar-refractivity contribution in [3.05, 3.63) is 71.1 Å². The normalized spacial score (nSPS) is 13.7. The molecule has 0 aliphatic heterocycles. The SMILES string of the molecule is Cc1nn(C)c2nc(C3CC3)cc(C(=O)Nc3cnn(Cc4ccccc4F)c3)c12. The van der Waals surface area contributed by atoms with Crippen molar-refractivity contribution in [3.8, 4) is 0 Å². The summed E-state index contributed by atoms with van der Waals surface area (Å²) in [5.74, 6) is -0.0945. The third kappa shape index (κ3) is 3.34. The predicted octanol–water partition coefficient (Wildman–Crippen LogP) is 3.79. The molecule has 1 aromatic carbocycles. The lowest BCUT2D eigenvalue weighted by molar-refractivity contribution is 0.102. The van der Waals surface area contributed by atoms with Crippen LogP contribution >= 0.6 is 0 Å². The number of hydrogen-bond donors (Lipinski definition) is 1. The molecular formula is C22H21FN6O. The Bertz CT molecular complexity index is 1270. The highest BCUT2D eigenvalue weighted by Crippen LogP contribution is 2.40. The summed E-state index contributed by atoms with van der Waals surface area (Å²) in [6.07, 6.45) is 5.45. The quantitative estimate of drug-likeness (QED) is 0.549. The molecule has 0 bridgehead atoms. The number of fused-ring (bicyclic) bond motifs is 1. The van der Waals surface area contributed by atoms with Crippen molar-refractivity contribution in [1.82, 2.24) is 24.5 Å². The Balaban J connectivity index is 1.43. The molecule has 0 spiro atoms. The van der Waals surface area contributed by atoms with Gasteiger partial charge in [-0.2, -0.15) is 10.2 Å². The molecule has 30 heavy (non-hydrogen) atoms. The number of aromatic nitrogens is 5. The summed E-state index contributed by atoms with van der Waals surface area (Å²) in [4.78, 5) is 17.9. The first-order valence-corrected chi connectivity index (χ1v) is 9.91. The third-order valence-corrected chi connectivity index (χ3v) is 5.41. The summed E-state index contributed by atoms with van der Waals surface area (Å²) in [5, 5.41) is 12.4. The molecule has 1 fully saturated rings. The summed E-state index contributed by atoms with van der Waals surface area (Å²) in [6, 6.07) is 8.46. The van der Waals surface area contributed by atoms with E-state index in [-0.39, 0.29) is 18.3 Å². The maximum Gasteiger partial charge on any atom is 0.256 e. The third-order valence-electron chi connectivity index (χ3n) is 5.41. The van der Waals surface area contributed by atoms with Crippen molar-refractivity contribution in [2.24, 2.45) is 7.05 Å². The highest BCUT2D eigenvalue weighted by atomic mass is 19.1. The van der Waals surface area contributed by atoms with Crippen LogP contribution < -0.4 is 5.32 Å². The van der Waals surface area contributed by atoms with Crippen LogP contribution in [0.5, 0.6) is 0 Å². The van der Waals surface area contributed by atoms with Crippen molar-refractivity contribution in [3.63, 3.8) is 0 Å². The largest absolute Gasteiger partial charge is 0.319 e. The second-order valence-corrected chi connectivity index (χ2v) is 7.75. The zero-order chi connectivity index (χ0) is 20.8. The molecule has 5 rings (SSSR count). The van der Waals surface area contributed by atoms with E-state index in [9.17, 15) is 9.18 Å². The molecule has 0 atom stereocenters. The molecular weight excluding hydrogens is 383 g/mol. The molecule has 7 nitrogen and oxygen atoms in total. The Labute approximate surface area is 172 Å². The van der Waals surface area contributed by atoms with E-state index >= 15 is 0 Å². The van der Waals surface area contributed by atoms with E-state index in [1.54, 1.807) is 40.0 Å². The first-order valence-electron chi connectivity index (χ1n) is 9.91. The Hall–Kier alpha value is -3.55. The van der Waals surface area contributed by atoms with Gasteiger partial charge in [-0.15, -0.1) is 0 Å². The van der Waals surface area contributed by atoms with Gasteiger partial charge in [0, 0.05) is 30.4 Å². The number of pyridine rings is 1. The first kappa shape index (κ1) is 18.5. The summed E-state index contributed by atoms with van der Waals surface area (Å²) >= 11 is 0. The van der Waals surface area contributed by atoms with Crippen molar-refractivity contribution < 1.29 is 9.18 Å². The van der Waals surface area contributed by atoms with Crippen LogP contribution in [0.2, 0.25) is 0 Å². The zero-order valence-electron chi connectivity index (χ0n) is 16.8. The first-order chi connectivity index (χ1) is 14.5. The van der Waals surface area contributed by atoms with Crippen molar-refractivity contribution in [2.45, 2.75) is 32.2 Å². The average molecular weight is 404 g/mol. The van der Waals surface area contributed by atoms with Crippen LogP contribution in [0.25, 0.3) is 11.0 Å². The number of rotatable bonds is 5. The van der Waals surface area contributed by atoms with E-state index in [1.807, 2.05) is 20.0 Å². The number of aryl methyl sites for hydroxylation is 2. The van der Waals surface area contributed by atoms with E-state index in [2.05, 4.69) is 15.5 Å². The summed E-state index contributed by atoms with van der Waals surface area (Å²) in [7, 11) is 1.84. The van der Waals surface area contributed by atoms with Crippen LogP contribution in [-0.2, 0) is 13.6 Å². The zero-order valence-corrected chi connectivity index (χ0v) is 16.8. The molecule has 4 aromatic rings. The fourth-order valence-electron chi connectivity index (χ4n) is 3.75. The fraction of sp³-hybridized carbons (Fsp3) is 0.273. The van der Waals surface area contributed by atoms with Gasteiger partial charge >= 0.3 is 0 Å². The number of carbonyl (C=O) groups is 1. The van der Waals surface area contributed by atoms with Crippen LogP contribution in [0.4, 0.5) is 10.1 Å². The van der Waals surface area contributed by atoms with Gasteiger partial charge in [-0.05, 0) is 31.9 Å². The van der Waals surface area contributed by atoms with E-state index < -0.39 is 0 Å². The molecule has 1 amide bonds. The molecule has 1 aliphatic carbocycles. The van der Waals surface area contributed by atoms with Gasteiger partial charge < -0.3 is 5.32 Å². The minimum atomic E-state index is -0.280. The van der Waals surface area contributed by atoms with Crippen LogP contribution in [0, 0.1) is 12.7 Å². The number of anilines is 1. The Morgan fingerprint density at radius 2 is 2.10 bits per heavy atom. The second kappa shape index (κ2) is 7.05. The van der Waals surface area contributed by atoms with Crippen molar-refractivity contribution >= 4 is 22.6 Å². The minimum Gasteiger partial charge on any atom is -0.319 e. The number of nitrogens with zero attached hydrogens (tertiary/aromatic N) is 5. The lowest BCUT2D eigenvalue weighted by atomic mass is 10.1.